The monoisotopic (exact) mass is 291 g/mol. The molecule has 1 fully saturated rings. The number of carboxylic acid groups (broad SMARTS) is 1. The van der Waals surface area contributed by atoms with Crippen molar-refractivity contribution in [1.29, 1.82) is 0 Å². The van der Waals surface area contributed by atoms with Gasteiger partial charge in [-0.05, 0) is 31.2 Å². The topological polar surface area (TPSA) is 66.8 Å². The van der Waals surface area contributed by atoms with E-state index in [-0.39, 0.29) is 24.5 Å². The van der Waals surface area contributed by atoms with Crippen LogP contribution in [0, 0.1) is 5.92 Å². The highest BCUT2D eigenvalue weighted by atomic mass is 16.5. The Hall–Kier alpha value is -2.04. The van der Waals surface area contributed by atoms with Gasteiger partial charge in [-0.25, -0.2) is 4.79 Å². The van der Waals surface area contributed by atoms with Crippen molar-refractivity contribution >= 4 is 12.1 Å². The van der Waals surface area contributed by atoms with Crippen LogP contribution >= 0.6 is 0 Å². The number of rotatable bonds is 4. The number of aryl methyl sites for hydroxylation is 1. The van der Waals surface area contributed by atoms with E-state index in [1.807, 2.05) is 30.3 Å². The summed E-state index contributed by atoms with van der Waals surface area (Å²) in [7, 11) is 1.34. The third-order valence-corrected chi connectivity index (χ3v) is 4.10. The summed E-state index contributed by atoms with van der Waals surface area (Å²) in [5.41, 5.74) is 1.21. The highest BCUT2D eigenvalue weighted by Crippen LogP contribution is 2.26. The Morgan fingerprint density at radius 3 is 2.62 bits per heavy atom. The van der Waals surface area contributed by atoms with Crippen molar-refractivity contribution in [3.05, 3.63) is 35.9 Å². The van der Waals surface area contributed by atoms with Gasteiger partial charge in [-0.15, -0.1) is 0 Å². The Kier molecular flexibility index (Phi) is 5.20. The molecule has 1 N–H and O–H groups in total. The van der Waals surface area contributed by atoms with Gasteiger partial charge in [-0.3, -0.25) is 4.79 Å². The number of nitrogens with zero attached hydrogens (tertiary/aromatic N) is 1. The molecule has 114 valence electrons. The van der Waals surface area contributed by atoms with E-state index in [1.165, 1.54) is 17.6 Å². The Morgan fingerprint density at radius 1 is 1.29 bits per heavy atom. The molecule has 0 saturated carbocycles. The molecule has 1 aliphatic heterocycles. The molecule has 1 aromatic carbocycles. The Bertz CT molecular complexity index is 488. The zero-order valence-corrected chi connectivity index (χ0v) is 12.2. The first-order valence-electron chi connectivity index (χ1n) is 7.23. The van der Waals surface area contributed by atoms with E-state index < -0.39 is 6.09 Å². The van der Waals surface area contributed by atoms with E-state index in [0.29, 0.717) is 12.8 Å². The molecule has 1 aromatic rings. The van der Waals surface area contributed by atoms with Gasteiger partial charge in [0.2, 0.25) is 0 Å². The first-order chi connectivity index (χ1) is 10.1. The Morgan fingerprint density at radius 2 is 2.00 bits per heavy atom. The maximum absolute atomic E-state index is 11.6. The van der Waals surface area contributed by atoms with Crippen LogP contribution < -0.4 is 0 Å². The lowest BCUT2D eigenvalue weighted by Crippen LogP contribution is -2.48. The SMILES string of the molecule is COC(=O)[C@@H]1CC[C@@H](CCc2ccccc2)N(C(=O)O)C1. The van der Waals surface area contributed by atoms with E-state index in [0.717, 1.165) is 12.8 Å². The van der Waals surface area contributed by atoms with E-state index in [2.05, 4.69) is 0 Å². The van der Waals surface area contributed by atoms with E-state index >= 15 is 0 Å². The first-order valence-corrected chi connectivity index (χ1v) is 7.23. The van der Waals surface area contributed by atoms with Gasteiger partial charge in [0.05, 0.1) is 13.0 Å². The van der Waals surface area contributed by atoms with E-state index in [9.17, 15) is 14.7 Å². The lowest BCUT2D eigenvalue weighted by molar-refractivity contribution is -0.147. The average molecular weight is 291 g/mol. The van der Waals surface area contributed by atoms with Crippen LogP contribution in [0.4, 0.5) is 4.79 Å². The van der Waals surface area contributed by atoms with Crippen molar-refractivity contribution in [2.45, 2.75) is 31.7 Å². The molecule has 0 aliphatic carbocycles. The fourth-order valence-electron chi connectivity index (χ4n) is 2.90. The zero-order valence-electron chi connectivity index (χ0n) is 12.2. The van der Waals surface area contributed by atoms with Gasteiger partial charge in [0.25, 0.3) is 0 Å². The van der Waals surface area contributed by atoms with Gasteiger partial charge in [0.1, 0.15) is 0 Å². The van der Waals surface area contributed by atoms with Crippen LogP contribution in [0.25, 0.3) is 0 Å². The smallest absolute Gasteiger partial charge is 0.407 e. The summed E-state index contributed by atoms with van der Waals surface area (Å²) in [5, 5.41) is 9.35. The maximum atomic E-state index is 11.6. The van der Waals surface area contributed by atoms with Crippen LogP contribution in [-0.4, -0.2) is 41.8 Å². The van der Waals surface area contributed by atoms with Gasteiger partial charge in [-0.1, -0.05) is 30.3 Å². The lowest BCUT2D eigenvalue weighted by Gasteiger charge is -2.37. The van der Waals surface area contributed by atoms with Gasteiger partial charge in [0, 0.05) is 12.6 Å². The molecular formula is C16H21NO4. The molecule has 2 atom stereocenters. The molecule has 1 amide bonds. The number of likely N-dealkylation sites (tertiary alicyclic amines) is 1. The molecule has 5 heteroatoms. The maximum Gasteiger partial charge on any atom is 0.407 e. The van der Waals surface area contributed by atoms with Gasteiger partial charge in [0.15, 0.2) is 0 Å². The molecule has 0 radical (unpaired) electrons. The van der Waals surface area contributed by atoms with Crippen LogP contribution in [0.5, 0.6) is 0 Å². The molecule has 0 aromatic heterocycles. The van der Waals surface area contributed by atoms with Crippen molar-refractivity contribution in [1.82, 2.24) is 4.90 Å². The standard InChI is InChI=1S/C16H21NO4/c1-21-15(18)13-8-10-14(17(11-13)16(19)20)9-7-12-5-3-2-4-6-12/h2-6,13-14H,7-11H2,1H3,(H,19,20)/t13-,14-/m1/s1. The average Bonchev–Trinajstić information content (AvgIpc) is 2.52. The second-order valence-corrected chi connectivity index (χ2v) is 5.41. The van der Waals surface area contributed by atoms with Crippen LogP contribution in [0.2, 0.25) is 0 Å². The van der Waals surface area contributed by atoms with Crippen molar-refractivity contribution in [2.24, 2.45) is 5.92 Å². The Balaban J connectivity index is 1.96. The number of carbonyl (C=O) groups is 2. The molecule has 1 aliphatic rings. The highest BCUT2D eigenvalue weighted by Gasteiger charge is 2.34. The number of carbonyl (C=O) groups excluding carboxylic acids is 1. The summed E-state index contributed by atoms with van der Waals surface area (Å²) in [6.07, 6.45) is 2.07. The molecule has 21 heavy (non-hydrogen) atoms. The fourth-order valence-corrected chi connectivity index (χ4v) is 2.90. The molecule has 5 nitrogen and oxygen atoms in total. The summed E-state index contributed by atoms with van der Waals surface area (Å²) < 4.78 is 4.72. The summed E-state index contributed by atoms with van der Waals surface area (Å²) in [6.45, 7) is 0.238. The molecule has 1 heterocycles. The largest absolute Gasteiger partial charge is 0.469 e. The number of hydrogen-bond acceptors (Lipinski definition) is 3. The van der Waals surface area contributed by atoms with Crippen LogP contribution in [0.15, 0.2) is 30.3 Å². The Labute approximate surface area is 124 Å². The van der Waals surface area contributed by atoms with Crippen LogP contribution in [0.1, 0.15) is 24.8 Å². The van der Waals surface area contributed by atoms with Gasteiger partial charge in [-0.2, -0.15) is 0 Å². The zero-order chi connectivity index (χ0) is 15.2. The molecule has 1 saturated heterocycles. The highest BCUT2D eigenvalue weighted by molar-refractivity contribution is 5.74. The number of hydrogen-bond donors (Lipinski definition) is 1. The fraction of sp³-hybridized carbons (Fsp3) is 0.500. The van der Waals surface area contributed by atoms with Crippen molar-refractivity contribution < 1.29 is 19.4 Å². The van der Waals surface area contributed by atoms with E-state index in [4.69, 9.17) is 4.74 Å². The molecule has 0 unspecified atom stereocenters. The third kappa shape index (κ3) is 3.97. The summed E-state index contributed by atoms with van der Waals surface area (Å²) in [6, 6.07) is 10.0. The minimum absolute atomic E-state index is 0.0244. The predicted octanol–water partition coefficient (Wildman–Crippen LogP) is 2.55. The van der Waals surface area contributed by atoms with Crippen molar-refractivity contribution in [2.75, 3.05) is 13.7 Å². The molecular weight excluding hydrogens is 270 g/mol. The van der Waals surface area contributed by atoms with Crippen LogP contribution in [0.3, 0.4) is 0 Å². The van der Waals surface area contributed by atoms with Gasteiger partial charge < -0.3 is 14.7 Å². The molecule has 2 rings (SSSR count). The van der Waals surface area contributed by atoms with Gasteiger partial charge >= 0.3 is 12.1 Å². The van der Waals surface area contributed by atoms with E-state index in [1.54, 1.807) is 0 Å². The second kappa shape index (κ2) is 7.11. The van der Waals surface area contributed by atoms with Crippen LogP contribution in [-0.2, 0) is 16.0 Å². The number of ether oxygens (including phenoxy) is 1. The third-order valence-electron chi connectivity index (χ3n) is 4.10. The van der Waals surface area contributed by atoms with Crippen molar-refractivity contribution in [3.63, 3.8) is 0 Å². The predicted molar refractivity (Wildman–Crippen MR) is 78.0 cm³/mol. The summed E-state index contributed by atoms with van der Waals surface area (Å²) in [5.74, 6) is -0.651. The number of esters is 1. The summed E-state index contributed by atoms with van der Waals surface area (Å²) >= 11 is 0. The molecule has 0 bridgehead atoms. The van der Waals surface area contributed by atoms with Crippen molar-refractivity contribution in [3.8, 4) is 0 Å². The number of benzene rings is 1. The number of methoxy groups -OCH3 is 1. The number of amides is 1. The lowest BCUT2D eigenvalue weighted by atomic mass is 9.90. The normalized spacial score (nSPS) is 21.9. The summed E-state index contributed by atoms with van der Waals surface area (Å²) in [4.78, 5) is 24.4. The second-order valence-electron chi connectivity index (χ2n) is 5.41. The first kappa shape index (κ1) is 15.4. The minimum Gasteiger partial charge on any atom is -0.469 e. The minimum atomic E-state index is -0.957. The number of piperidine rings is 1. The quantitative estimate of drug-likeness (QED) is 0.866. The molecule has 0 spiro atoms.